The van der Waals surface area contributed by atoms with E-state index in [1.54, 1.807) is 24.3 Å². The Balaban J connectivity index is 1.82. The van der Waals surface area contributed by atoms with E-state index < -0.39 is 4.92 Å². The first-order valence-electron chi connectivity index (χ1n) is 9.93. The molecule has 1 aliphatic rings. The van der Waals surface area contributed by atoms with Gasteiger partial charge in [-0.3, -0.25) is 25.1 Å². The lowest BCUT2D eigenvalue weighted by molar-refractivity contribution is -0.386. The Bertz CT molecular complexity index is 1130. The zero-order valence-corrected chi connectivity index (χ0v) is 17.0. The number of nitrogens with zero attached hydrogens (tertiary/aromatic N) is 4. The zero-order valence-electron chi connectivity index (χ0n) is 17.0. The fourth-order valence-electron chi connectivity index (χ4n) is 4.27. The smallest absolute Gasteiger partial charge is 0.274 e. The van der Waals surface area contributed by atoms with E-state index in [1.165, 1.54) is 25.3 Å². The molecule has 1 aliphatic heterocycles. The van der Waals surface area contributed by atoms with E-state index in [2.05, 4.69) is 9.47 Å². The Kier molecular flexibility index (Phi) is 5.68. The first-order chi connectivity index (χ1) is 15.0. The molecule has 31 heavy (non-hydrogen) atoms. The Labute approximate surface area is 178 Å². The molecule has 1 atom stereocenters. The van der Waals surface area contributed by atoms with Crippen molar-refractivity contribution in [3.63, 3.8) is 0 Å². The second-order valence-corrected chi connectivity index (χ2v) is 7.42. The standard InChI is InChI=1S/C22H22N4O5/c1-31-21-10-9-17(25(27)28)14-16(21)15-24-13-5-12-23-11-4-8-20(23)22(24)18-6-2-3-7-19(18)26(29)30/h2-4,6-11,14,22H,5,12-13,15H2,1H3/t22-/m1/s1. The molecular weight excluding hydrogens is 400 g/mol. The van der Waals surface area contributed by atoms with Crippen molar-refractivity contribution in [3.05, 3.63) is 97.8 Å². The van der Waals surface area contributed by atoms with Crippen LogP contribution in [0.25, 0.3) is 0 Å². The van der Waals surface area contributed by atoms with Crippen molar-refractivity contribution in [1.82, 2.24) is 9.47 Å². The normalized spacial score (nSPS) is 16.4. The van der Waals surface area contributed by atoms with E-state index >= 15 is 0 Å². The topological polar surface area (TPSA) is 104 Å². The minimum absolute atomic E-state index is 0.0174. The summed E-state index contributed by atoms with van der Waals surface area (Å²) in [6.07, 6.45) is 2.82. The summed E-state index contributed by atoms with van der Waals surface area (Å²) in [7, 11) is 1.53. The number of fused-ring (bicyclic) bond motifs is 1. The summed E-state index contributed by atoms with van der Waals surface area (Å²) in [6, 6.07) is 14.8. The van der Waals surface area contributed by atoms with Crippen molar-refractivity contribution in [3.8, 4) is 5.75 Å². The highest BCUT2D eigenvalue weighted by atomic mass is 16.6. The van der Waals surface area contributed by atoms with Crippen LogP contribution in [0.4, 0.5) is 11.4 Å². The minimum Gasteiger partial charge on any atom is -0.496 e. The summed E-state index contributed by atoms with van der Waals surface area (Å²) in [6.45, 7) is 1.82. The number of benzene rings is 2. The number of aromatic nitrogens is 1. The van der Waals surface area contributed by atoms with Crippen molar-refractivity contribution in [2.75, 3.05) is 13.7 Å². The van der Waals surface area contributed by atoms with E-state index in [1.807, 2.05) is 18.3 Å². The van der Waals surface area contributed by atoms with Crippen LogP contribution in [0.1, 0.15) is 29.3 Å². The van der Waals surface area contributed by atoms with Crippen LogP contribution in [-0.4, -0.2) is 33.0 Å². The molecular formula is C22H22N4O5. The SMILES string of the molecule is COc1ccc([N+](=O)[O-])cc1CN1CCCn2cccc2[C@H]1c1ccccc1[N+](=O)[O-]. The molecule has 0 unspecified atom stereocenters. The molecule has 0 saturated heterocycles. The first kappa shape index (κ1) is 20.5. The minimum atomic E-state index is -0.434. The van der Waals surface area contributed by atoms with Crippen molar-refractivity contribution >= 4 is 11.4 Å². The fraction of sp³-hybridized carbons (Fsp3) is 0.273. The molecule has 0 amide bonds. The average molecular weight is 422 g/mol. The molecule has 0 aliphatic carbocycles. The summed E-state index contributed by atoms with van der Waals surface area (Å²) in [5.74, 6) is 0.548. The van der Waals surface area contributed by atoms with Crippen LogP contribution in [0, 0.1) is 20.2 Å². The lowest BCUT2D eigenvalue weighted by Gasteiger charge is -2.30. The Morgan fingerprint density at radius 2 is 1.84 bits per heavy atom. The van der Waals surface area contributed by atoms with Gasteiger partial charge in [-0.05, 0) is 24.6 Å². The lowest BCUT2D eigenvalue weighted by atomic mass is 9.99. The second-order valence-electron chi connectivity index (χ2n) is 7.42. The molecule has 2 aromatic carbocycles. The van der Waals surface area contributed by atoms with Crippen LogP contribution < -0.4 is 4.74 Å². The van der Waals surface area contributed by atoms with Crippen LogP contribution >= 0.6 is 0 Å². The van der Waals surface area contributed by atoms with Gasteiger partial charge in [-0.25, -0.2) is 0 Å². The van der Waals surface area contributed by atoms with Crippen molar-refractivity contribution in [2.45, 2.75) is 25.6 Å². The molecule has 1 aromatic heterocycles. The van der Waals surface area contributed by atoms with E-state index in [0.29, 0.717) is 30.0 Å². The summed E-state index contributed by atoms with van der Waals surface area (Å²) in [5.41, 5.74) is 2.25. The van der Waals surface area contributed by atoms with Gasteiger partial charge in [0.05, 0.1) is 28.6 Å². The van der Waals surface area contributed by atoms with Gasteiger partial charge in [0.1, 0.15) is 5.75 Å². The third-order valence-corrected chi connectivity index (χ3v) is 5.63. The predicted octanol–water partition coefficient (Wildman–Crippen LogP) is 4.31. The highest BCUT2D eigenvalue weighted by molar-refractivity contribution is 5.47. The van der Waals surface area contributed by atoms with Gasteiger partial charge in [0.25, 0.3) is 11.4 Å². The van der Waals surface area contributed by atoms with Gasteiger partial charge in [0, 0.05) is 55.3 Å². The van der Waals surface area contributed by atoms with Crippen molar-refractivity contribution < 1.29 is 14.6 Å². The third kappa shape index (κ3) is 3.99. The van der Waals surface area contributed by atoms with Crippen LogP contribution in [0.3, 0.4) is 0 Å². The second kappa shape index (κ2) is 8.57. The van der Waals surface area contributed by atoms with E-state index in [9.17, 15) is 20.2 Å². The summed E-state index contributed by atoms with van der Waals surface area (Å²) >= 11 is 0. The number of para-hydroxylation sites is 1. The van der Waals surface area contributed by atoms with Crippen molar-refractivity contribution in [2.24, 2.45) is 0 Å². The maximum atomic E-state index is 11.8. The predicted molar refractivity (Wildman–Crippen MR) is 114 cm³/mol. The van der Waals surface area contributed by atoms with Gasteiger partial charge in [0.2, 0.25) is 0 Å². The largest absolute Gasteiger partial charge is 0.496 e. The van der Waals surface area contributed by atoms with Crippen LogP contribution in [0.5, 0.6) is 5.75 Å². The number of nitro groups is 2. The Hall–Kier alpha value is -3.72. The molecule has 0 N–H and O–H groups in total. The van der Waals surface area contributed by atoms with Gasteiger partial charge < -0.3 is 9.30 Å². The molecule has 0 spiro atoms. The summed E-state index contributed by atoms with van der Waals surface area (Å²) in [5, 5.41) is 23.1. The maximum Gasteiger partial charge on any atom is 0.274 e. The molecule has 2 heterocycles. The van der Waals surface area contributed by atoms with Gasteiger partial charge in [-0.2, -0.15) is 0 Å². The molecule has 0 saturated carbocycles. The highest BCUT2D eigenvalue weighted by Crippen LogP contribution is 2.38. The average Bonchev–Trinajstić information content (AvgIpc) is 3.15. The molecule has 0 bridgehead atoms. The Morgan fingerprint density at radius 3 is 2.58 bits per heavy atom. The molecule has 4 rings (SSSR count). The van der Waals surface area contributed by atoms with Gasteiger partial charge >= 0.3 is 0 Å². The van der Waals surface area contributed by atoms with Gasteiger partial charge in [-0.15, -0.1) is 0 Å². The number of methoxy groups -OCH3 is 1. The van der Waals surface area contributed by atoms with Gasteiger partial charge in [0.15, 0.2) is 0 Å². The quantitative estimate of drug-likeness (QED) is 0.433. The summed E-state index contributed by atoms with van der Waals surface area (Å²) in [4.78, 5) is 24.4. The maximum absolute atomic E-state index is 11.8. The molecule has 160 valence electrons. The molecule has 0 radical (unpaired) electrons. The van der Waals surface area contributed by atoms with E-state index in [0.717, 1.165) is 18.7 Å². The number of hydrogen-bond acceptors (Lipinski definition) is 6. The van der Waals surface area contributed by atoms with Crippen LogP contribution in [0.2, 0.25) is 0 Å². The molecule has 9 heteroatoms. The Morgan fingerprint density at radius 1 is 1.03 bits per heavy atom. The van der Waals surface area contributed by atoms with Crippen LogP contribution in [0.15, 0.2) is 60.8 Å². The highest BCUT2D eigenvalue weighted by Gasteiger charge is 2.32. The summed E-state index contributed by atoms with van der Waals surface area (Å²) < 4.78 is 7.56. The zero-order chi connectivity index (χ0) is 22.0. The molecule has 9 nitrogen and oxygen atoms in total. The lowest BCUT2D eigenvalue weighted by Crippen LogP contribution is -2.30. The van der Waals surface area contributed by atoms with Gasteiger partial charge in [-0.1, -0.05) is 18.2 Å². The fourth-order valence-corrected chi connectivity index (χ4v) is 4.27. The number of rotatable bonds is 6. The first-order valence-corrected chi connectivity index (χ1v) is 9.93. The van der Waals surface area contributed by atoms with E-state index in [-0.39, 0.29) is 22.3 Å². The number of ether oxygens (including phenoxy) is 1. The van der Waals surface area contributed by atoms with Crippen molar-refractivity contribution in [1.29, 1.82) is 0 Å². The number of aryl methyl sites for hydroxylation is 1. The number of non-ortho nitro benzene ring substituents is 1. The number of nitro benzene ring substituents is 2. The molecule has 0 fully saturated rings. The third-order valence-electron chi connectivity index (χ3n) is 5.63. The number of hydrogen-bond donors (Lipinski definition) is 0. The van der Waals surface area contributed by atoms with E-state index in [4.69, 9.17) is 4.74 Å². The van der Waals surface area contributed by atoms with Crippen LogP contribution in [-0.2, 0) is 13.1 Å². The monoisotopic (exact) mass is 422 g/mol. The molecule has 3 aromatic rings.